The van der Waals surface area contributed by atoms with Crippen molar-refractivity contribution in [1.29, 1.82) is 0 Å². The van der Waals surface area contributed by atoms with Gasteiger partial charge in [-0.25, -0.2) is 0 Å². The van der Waals surface area contributed by atoms with Gasteiger partial charge >= 0.3 is 0 Å². The molecule has 10 N–H and O–H groups in total. The van der Waals surface area contributed by atoms with Gasteiger partial charge in [0.15, 0.2) is 23.4 Å². The Morgan fingerprint density at radius 2 is 1.47 bits per heavy atom. The maximum atomic E-state index is 10.6. The van der Waals surface area contributed by atoms with E-state index in [-0.39, 0.29) is 33.9 Å². The molecule has 7 unspecified atom stereocenters. The Labute approximate surface area is 196 Å². The molecule has 2 aromatic rings. The molecule has 12 nitrogen and oxygen atoms in total. The quantitative estimate of drug-likeness (QED) is 0.231. The predicted molar refractivity (Wildman–Crippen MR) is 114 cm³/mol. The van der Waals surface area contributed by atoms with Gasteiger partial charge in [0.05, 0.1) is 17.6 Å². The van der Waals surface area contributed by atoms with Crippen molar-refractivity contribution in [3.63, 3.8) is 0 Å². The molecule has 0 saturated carbocycles. The number of ether oxygens (including phenoxy) is 2. The van der Waals surface area contributed by atoms with E-state index in [1.54, 1.807) is 0 Å². The van der Waals surface area contributed by atoms with E-state index in [1.807, 2.05) is 0 Å². The zero-order chi connectivity index (χ0) is 24.9. The number of aliphatic hydroxyl groups is 5. The Hall–Kier alpha value is -2.65. The molecule has 1 saturated heterocycles. The normalized spacial score (nSPS) is 31.0. The summed E-state index contributed by atoms with van der Waals surface area (Å²) in [5.41, 5.74) is -1.08. The van der Waals surface area contributed by atoms with Crippen LogP contribution in [0.2, 0.25) is 0 Å². The summed E-state index contributed by atoms with van der Waals surface area (Å²) < 4.78 is 11.3. The first-order valence-corrected chi connectivity index (χ1v) is 11.1. The van der Waals surface area contributed by atoms with E-state index < -0.39 is 71.7 Å². The third-order valence-electron chi connectivity index (χ3n) is 5.81. The van der Waals surface area contributed by atoms with Crippen LogP contribution in [0.4, 0.5) is 0 Å². The van der Waals surface area contributed by atoms with Crippen LogP contribution in [-0.2, 0) is 11.2 Å². The molecule has 2 aliphatic heterocycles. The first kappa shape index (κ1) is 24.5. The van der Waals surface area contributed by atoms with E-state index in [0.717, 1.165) is 18.2 Å². The fourth-order valence-electron chi connectivity index (χ4n) is 3.97. The second kappa shape index (κ2) is 9.19. The van der Waals surface area contributed by atoms with Gasteiger partial charge in [-0.1, -0.05) is 11.8 Å². The van der Waals surface area contributed by atoms with Gasteiger partial charge in [-0.2, -0.15) is 0 Å². The van der Waals surface area contributed by atoms with E-state index in [1.165, 1.54) is 0 Å². The Balaban J connectivity index is 1.72. The van der Waals surface area contributed by atoms with Crippen molar-refractivity contribution >= 4 is 11.8 Å². The van der Waals surface area contributed by atoms with Crippen LogP contribution in [0.3, 0.4) is 0 Å². The van der Waals surface area contributed by atoms with E-state index >= 15 is 0 Å². The van der Waals surface area contributed by atoms with E-state index in [9.17, 15) is 51.1 Å². The second-order valence-electron chi connectivity index (χ2n) is 8.08. The maximum absolute atomic E-state index is 10.6. The lowest BCUT2D eigenvalue weighted by atomic mass is 9.93. The van der Waals surface area contributed by atoms with Crippen molar-refractivity contribution in [3.05, 3.63) is 29.3 Å². The Bertz CT molecular complexity index is 1050. The molecule has 186 valence electrons. The molecule has 34 heavy (non-hydrogen) atoms. The molecule has 2 aliphatic rings. The maximum Gasteiger partial charge on any atom is 0.200 e. The number of aromatic hydroxyl groups is 5. The van der Waals surface area contributed by atoms with E-state index in [0.29, 0.717) is 11.8 Å². The van der Waals surface area contributed by atoms with E-state index in [4.69, 9.17) is 9.47 Å². The molecule has 0 spiro atoms. The highest BCUT2D eigenvalue weighted by molar-refractivity contribution is 8.00. The minimum absolute atomic E-state index is 0.0405. The zero-order valence-electron chi connectivity index (χ0n) is 17.4. The molecule has 13 heteroatoms. The molecule has 7 atom stereocenters. The summed E-state index contributed by atoms with van der Waals surface area (Å²) in [6.45, 7) is -0.653. The first-order valence-electron chi connectivity index (χ1n) is 10.2. The molecule has 0 aromatic heterocycles. The van der Waals surface area contributed by atoms with Crippen LogP contribution in [0.15, 0.2) is 23.1 Å². The molecule has 0 bridgehead atoms. The van der Waals surface area contributed by atoms with Crippen LogP contribution in [0.25, 0.3) is 0 Å². The fourth-order valence-corrected chi connectivity index (χ4v) is 5.16. The van der Waals surface area contributed by atoms with Gasteiger partial charge in [0.25, 0.3) is 0 Å². The average Bonchev–Trinajstić information content (AvgIpc) is 2.79. The van der Waals surface area contributed by atoms with Crippen LogP contribution in [0.1, 0.15) is 17.2 Å². The average molecular weight is 500 g/mol. The molecule has 0 aliphatic carbocycles. The van der Waals surface area contributed by atoms with Crippen molar-refractivity contribution in [3.8, 4) is 34.5 Å². The van der Waals surface area contributed by atoms with E-state index in [2.05, 4.69) is 0 Å². The topological polar surface area (TPSA) is 221 Å². The molecular formula is C21H24O12S. The number of benzene rings is 2. The van der Waals surface area contributed by atoms with Crippen LogP contribution in [0, 0.1) is 0 Å². The number of fused-ring (bicyclic) bond motifs is 1. The molecule has 1 fully saturated rings. The van der Waals surface area contributed by atoms with Gasteiger partial charge < -0.3 is 60.5 Å². The molecule has 2 heterocycles. The number of aliphatic hydroxyl groups excluding tert-OH is 5. The Kier molecular flexibility index (Phi) is 6.61. The number of rotatable bonds is 4. The number of hydrogen-bond acceptors (Lipinski definition) is 13. The number of phenolic OH excluding ortho intramolecular Hbond substituents is 5. The van der Waals surface area contributed by atoms with Crippen molar-refractivity contribution < 1.29 is 60.5 Å². The minimum Gasteiger partial charge on any atom is -0.507 e. The van der Waals surface area contributed by atoms with Gasteiger partial charge in [-0.15, -0.1) is 0 Å². The van der Waals surface area contributed by atoms with Crippen LogP contribution in [-0.4, -0.2) is 93.6 Å². The molecule has 0 amide bonds. The van der Waals surface area contributed by atoms with Crippen LogP contribution in [0.5, 0.6) is 34.5 Å². The molecular weight excluding hydrogens is 476 g/mol. The van der Waals surface area contributed by atoms with Gasteiger partial charge in [0, 0.05) is 23.6 Å². The summed E-state index contributed by atoms with van der Waals surface area (Å²) in [6.07, 6.45) is -8.69. The molecule has 4 rings (SSSR count). The highest BCUT2D eigenvalue weighted by Gasteiger charge is 2.45. The first-order chi connectivity index (χ1) is 16.0. The Morgan fingerprint density at radius 1 is 0.824 bits per heavy atom. The SMILES string of the molecule is OCC1OC(Sc2c(O)cc(O)c3c2OC(c2cc(O)c(O)c(O)c2)C(O)C3)C(O)C(O)C1O. The minimum atomic E-state index is -1.66. The largest absolute Gasteiger partial charge is 0.507 e. The van der Waals surface area contributed by atoms with Crippen molar-refractivity contribution in [1.82, 2.24) is 0 Å². The van der Waals surface area contributed by atoms with Crippen molar-refractivity contribution in [2.45, 2.75) is 53.4 Å². The predicted octanol–water partition coefficient (Wildman–Crippen LogP) is -0.856. The van der Waals surface area contributed by atoms with Gasteiger partial charge in [-0.05, 0) is 12.1 Å². The monoisotopic (exact) mass is 500 g/mol. The van der Waals surface area contributed by atoms with Gasteiger partial charge in [0.2, 0.25) is 0 Å². The summed E-state index contributed by atoms with van der Waals surface area (Å²) in [4.78, 5) is -0.0405. The lowest BCUT2D eigenvalue weighted by Gasteiger charge is -2.40. The summed E-state index contributed by atoms with van der Waals surface area (Å²) >= 11 is 0.694. The lowest BCUT2D eigenvalue weighted by Crippen LogP contribution is -2.57. The smallest absolute Gasteiger partial charge is 0.200 e. The zero-order valence-corrected chi connectivity index (χ0v) is 18.2. The second-order valence-corrected chi connectivity index (χ2v) is 9.19. The number of hydrogen-bond donors (Lipinski definition) is 10. The third kappa shape index (κ3) is 4.15. The summed E-state index contributed by atoms with van der Waals surface area (Å²) in [7, 11) is 0. The molecule has 2 aromatic carbocycles. The lowest BCUT2D eigenvalue weighted by molar-refractivity contribution is -0.205. The summed E-state index contributed by atoms with van der Waals surface area (Å²) in [6, 6.07) is 3.14. The third-order valence-corrected chi connectivity index (χ3v) is 7.06. The number of phenols is 5. The van der Waals surface area contributed by atoms with Crippen LogP contribution >= 0.6 is 11.8 Å². The summed E-state index contributed by atoms with van der Waals surface area (Å²) in [5.74, 6) is -3.05. The number of thioether (sulfide) groups is 1. The highest BCUT2D eigenvalue weighted by atomic mass is 32.2. The Morgan fingerprint density at radius 3 is 2.09 bits per heavy atom. The van der Waals surface area contributed by atoms with Crippen LogP contribution < -0.4 is 4.74 Å². The van der Waals surface area contributed by atoms with Crippen molar-refractivity contribution in [2.24, 2.45) is 0 Å². The van der Waals surface area contributed by atoms with Gasteiger partial charge in [-0.3, -0.25) is 0 Å². The summed E-state index contributed by atoms with van der Waals surface area (Å²) in [5, 5.41) is 101. The molecule has 0 radical (unpaired) electrons. The highest BCUT2D eigenvalue weighted by Crippen LogP contribution is 2.52. The van der Waals surface area contributed by atoms with Crippen molar-refractivity contribution in [2.75, 3.05) is 6.61 Å². The van der Waals surface area contributed by atoms with Gasteiger partial charge in [0.1, 0.15) is 47.1 Å². The fraction of sp³-hybridized carbons (Fsp3) is 0.429. The standard InChI is InChI=1S/C21H24O12S/c22-5-13-15(29)16(30)17(31)21(32-13)34-20-12(27)4-8(23)7-3-11(26)18(33-19(7)20)6-1-9(24)14(28)10(25)2-6/h1-2,4,11,13,15-18,21-31H,3,5H2.